The number of amides is 1. The average Bonchev–Trinajstić information content (AvgIpc) is 2.98. The second-order valence-electron chi connectivity index (χ2n) is 5.54. The number of carbonyl (C=O) groups excluding carboxylic acids is 1. The van der Waals surface area contributed by atoms with Crippen LogP contribution in [0.5, 0.6) is 0 Å². The molecule has 3 aromatic rings. The van der Waals surface area contributed by atoms with Crippen LogP contribution in [0.15, 0.2) is 41.3 Å². The van der Waals surface area contributed by atoms with E-state index in [0.717, 1.165) is 28.9 Å². The lowest BCUT2D eigenvalue weighted by atomic mass is 10.2. The van der Waals surface area contributed by atoms with Gasteiger partial charge < -0.3 is 0 Å². The number of halogens is 4. The number of benzene rings is 2. The third-order valence-corrected chi connectivity index (χ3v) is 5.53. The van der Waals surface area contributed by atoms with Crippen LogP contribution < -0.4 is 4.72 Å². The highest BCUT2D eigenvalue weighted by molar-refractivity contribution is 7.90. The standard InChI is InChI=1S/C16H10Cl2F2N4O3S/c1-8-15(21-23-24(8)14-5-2-9(17)6-13(14)20)16(25)22-28(26,27)10-3-4-12(19)11(18)7-10/h2-7H,1H3,(H,22,25). The smallest absolute Gasteiger partial charge is 0.266 e. The lowest BCUT2D eigenvalue weighted by Gasteiger charge is -2.07. The van der Waals surface area contributed by atoms with Crippen LogP contribution in [0.4, 0.5) is 8.78 Å². The van der Waals surface area contributed by atoms with E-state index in [0.29, 0.717) is 0 Å². The first-order chi connectivity index (χ1) is 13.1. The fourth-order valence-corrected chi connectivity index (χ4v) is 3.68. The number of sulfonamides is 1. The largest absolute Gasteiger partial charge is 0.287 e. The Bertz CT molecular complexity index is 1200. The number of carbonyl (C=O) groups is 1. The van der Waals surface area contributed by atoms with Crippen molar-refractivity contribution >= 4 is 39.1 Å². The zero-order valence-corrected chi connectivity index (χ0v) is 16.3. The van der Waals surface area contributed by atoms with E-state index in [1.165, 1.54) is 19.1 Å². The second-order valence-corrected chi connectivity index (χ2v) is 8.07. The summed E-state index contributed by atoms with van der Waals surface area (Å²) in [5, 5.41) is 7.05. The minimum absolute atomic E-state index is 0.0263. The number of nitrogens with one attached hydrogen (secondary N) is 1. The van der Waals surface area contributed by atoms with Crippen molar-refractivity contribution < 1.29 is 22.0 Å². The Kier molecular flexibility index (Phi) is 5.37. The van der Waals surface area contributed by atoms with Crippen LogP contribution in [0.25, 0.3) is 5.69 Å². The van der Waals surface area contributed by atoms with E-state index < -0.39 is 37.5 Å². The molecule has 28 heavy (non-hydrogen) atoms. The first-order valence-electron chi connectivity index (χ1n) is 7.50. The Hall–Kier alpha value is -2.56. The molecule has 0 saturated heterocycles. The molecule has 0 aliphatic heterocycles. The van der Waals surface area contributed by atoms with E-state index in [-0.39, 0.29) is 22.1 Å². The molecular formula is C16H10Cl2F2N4O3S. The van der Waals surface area contributed by atoms with E-state index in [1.54, 1.807) is 4.72 Å². The number of aromatic nitrogens is 3. The molecule has 146 valence electrons. The molecule has 1 aromatic heterocycles. The highest BCUT2D eigenvalue weighted by atomic mass is 35.5. The molecular weight excluding hydrogens is 437 g/mol. The predicted octanol–water partition coefficient (Wildman–Crippen LogP) is 3.28. The average molecular weight is 447 g/mol. The Morgan fingerprint density at radius 3 is 2.46 bits per heavy atom. The summed E-state index contributed by atoms with van der Waals surface area (Å²) >= 11 is 11.3. The number of rotatable bonds is 4. The van der Waals surface area contributed by atoms with Gasteiger partial charge in [-0.25, -0.2) is 26.6 Å². The van der Waals surface area contributed by atoms with Crippen molar-refractivity contribution in [2.75, 3.05) is 0 Å². The number of hydrogen-bond acceptors (Lipinski definition) is 5. The summed E-state index contributed by atoms with van der Waals surface area (Å²) in [6.07, 6.45) is 0. The highest BCUT2D eigenvalue weighted by Crippen LogP contribution is 2.21. The molecule has 0 spiro atoms. The lowest BCUT2D eigenvalue weighted by molar-refractivity contribution is 0.0976. The van der Waals surface area contributed by atoms with E-state index in [4.69, 9.17) is 23.2 Å². The van der Waals surface area contributed by atoms with Crippen LogP contribution >= 0.6 is 23.2 Å². The first kappa shape index (κ1) is 20.2. The van der Waals surface area contributed by atoms with Crippen molar-refractivity contribution in [3.63, 3.8) is 0 Å². The normalized spacial score (nSPS) is 11.5. The number of hydrogen-bond donors (Lipinski definition) is 1. The third-order valence-electron chi connectivity index (χ3n) is 3.68. The summed E-state index contributed by atoms with van der Waals surface area (Å²) in [6.45, 7) is 1.41. The molecule has 3 rings (SSSR count). The predicted molar refractivity (Wildman–Crippen MR) is 97.1 cm³/mol. The zero-order chi connectivity index (χ0) is 20.6. The lowest BCUT2D eigenvalue weighted by Crippen LogP contribution is -2.31. The summed E-state index contributed by atoms with van der Waals surface area (Å²) in [5.41, 5.74) is -0.279. The summed E-state index contributed by atoms with van der Waals surface area (Å²) < 4.78 is 54.7. The monoisotopic (exact) mass is 446 g/mol. The van der Waals surface area contributed by atoms with Crippen molar-refractivity contribution in [2.45, 2.75) is 11.8 Å². The minimum Gasteiger partial charge on any atom is -0.266 e. The highest BCUT2D eigenvalue weighted by Gasteiger charge is 2.25. The van der Waals surface area contributed by atoms with Gasteiger partial charge in [-0.05, 0) is 43.3 Å². The molecule has 7 nitrogen and oxygen atoms in total. The topological polar surface area (TPSA) is 93.9 Å². The van der Waals surface area contributed by atoms with Crippen LogP contribution in [-0.4, -0.2) is 29.3 Å². The molecule has 1 amide bonds. The fourth-order valence-electron chi connectivity index (χ4n) is 2.29. The van der Waals surface area contributed by atoms with Gasteiger partial charge >= 0.3 is 0 Å². The molecule has 0 aliphatic carbocycles. The Balaban J connectivity index is 1.91. The molecule has 0 aliphatic rings. The van der Waals surface area contributed by atoms with Gasteiger partial charge in [0.2, 0.25) is 0 Å². The van der Waals surface area contributed by atoms with Crippen LogP contribution in [0, 0.1) is 18.6 Å². The summed E-state index contributed by atoms with van der Waals surface area (Å²) in [5.74, 6) is -2.62. The zero-order valence-electron chi connectivity index (χ0n) is 14.0. The van der Waals surface area contributed by atoms with Crippen molar-refractivity contribution in [1.82, 2.24) is 19.7 Å². The molecule has 0 fully saturated rings. The van der Waals surface area contributed by atoms with Crippen molar-refractivity contribution in [3.05, 3.63) is 69.5 Å². The van der Waals surface area contributed by atoms with E-state index >= 15 is 0 Å². The molecule has 0 unspecified atom stereocenters. The van der Waals surface area contributed by atoms with Gasteiger partial charge in [0, 0.05) is 5.02 Å². The van der Waals surface area contributed by atoms with Crippen LogP contribution in [0.2, 0.25) is 10.0 Å². The summed E-state index contributed by atoms with van der Waals surface area (Å²) in [6, 6.07) is 6.47. The van der Waals surface area contributed by atoms with Gasteiger partial charge in [0.05, 0.1) is 15.6 Å². The van der Waals surface area contributed by atoms with Crippen molar-refractivity contribution in [3.8, 4) is 5.69 Å². The van der Waals surface area contributed by atoms with Crippen molar-refractivity contribution in [2.24, 2.45) is 0 Å². The van der Waals surface area contributed by atoms with Gasteiger partial charge in [-0.3, -0.25) is 4.79 Å². The SMILES string of the molecule is Cc1c(C(=O)NS(=O)(=O)c2ccc(F)c(Cl)c2)nnn1-c1ccc(Cl)cc1F. The van der Waals surface area contributed by atoms with Gasteiger partial charge in [0.1, 0.15) is 17.3 Å². The van der Waals surface area contributed by atoms with E-state index in [9.17, 15) is 22.0 Å². The first-order valence-corrected chi connectivity index (χ1v) is 9.74. The van der Waals surface area contributed by atoms with Gasteiger partial charge in [-0.15, -0.1) is 5.10 Å². The second kappa shape index (κ2) is 7.46. The summed E-state index contributed by atoms with van der Waals surface area (Å²) in [4.78, 5) is 11.9. The number of nitrogens with zero attached hydrogens (tertiary/aromatic N) is 3. The maximum absolute atomic E-state index is 14.1. The van der Waals surface area contributed by atoms with E-state index in [2.05, 4.69) is 10.3 Å². The molecule has 1 N–H and O–H groups in total. The Labute approximate surface area is 167 Å². The van der Waals surface area contributed by atoms with Crippen molar-refractivity contribution in [1.29, 1.82) is 0 Å². The van der Waals surface area contributed by atoms with E-state index in [1.807, 2.05) is 0 Å². The van der Waals surface area contributed by atoms with Crippen LogP contribution in [0.3, 0.4) is 0 Å². The van der Waals surface area contributed by atoms with Gasteiger partial charge in [-0.1, -0.05) is 28.4 Å². The fraction of sp³-hybridized carbons (Fsp3) is 0.0625. The molecule has 0 atom stereocenters. The van der Waals surface area contributed by atoms with Crippen LogP contribution in [-0.2, 0) is 10.0 Å². The maximum Gasteiger partial charge on any atom is 0.287 e. The van der Waals surface area contributed by atoms with Crippen LogP contribution in [0.1, 0.15) is 16.2 Å². The maximum atomic E-state index is 14.1. The molecule has 0 bridgehead atoms. The third kappa shape index (κ3) is 3.84. The molecule has 2 aromatic carbocycles. The molecule has 0 radical (unpaired) electrons. The van der Waals surface area contributed by atoms with Gasteiger partial charge in [0.15, 0.2) is 5.69 Å². The summed E-state index contributed by atoms with van der Waals surface area (Å²) in [7, 11) is -4.35. The van der Waals surface area contributed by atoms with Gasteiger partial charge in [-0.2, -0.15) is 0 Å². The minimum atomic E-state index is -4.35. The molecule has 12 heteroatoms. The quantitative estimate of drug-likeness (QED) is 0.663. The molecule has 1 heterocycles. The molecule has 0 saturated carbocycles. The Morgan fingerprint density at radius 1 is 1.11 bits per heavy atom. The van der Waals surface area contributed by atoms with Gasteiger partial charge in [0.25, 0.3) is 15.9 Å². The Morgan fingerprint density at radius 2 is 1.82 bits per heavy atom.